The van der Waals surface area contributed by atoms with E-state index in [1.165, 1.54) is 4.90 Å². The van der Waals surface area contributed by atoms with Crippen molar-refractivity contribution in [2.24, 2.45) is 0 Å². The topological polar surface area (TPSA) is 76.3 Å². The number of halogens is 1. The van der Waals surface area contributed by atoms with Gasteiger partial charge in [-0.1, -0.05) is 29.3 Å². The number of carbonyl (C=O) groups excluding carboxylic acids is 1. The van der Waals surface area contributed by atoms with Crippen LogP contribution in [-0.2, 0) is 0 Å². The third-order valence-electron chi connectivity index (χ3n) is 2.99. The molecule has 0 fully saturated rings. The first-order valence-electron chi connectivity index (χ1n) is 6.05. The highest BCUT2D eigenvalue weighted by molar-refractivity contribution is 6.33. The molecule has 0 aliphatic heterocycles. The maximum Gasteiger partial charge on any atom is 0.288 e. The normalized spacial score (nSPS) is 10.2. The van der Waals surface area contributed by atoms with E-state index in [1.54, 1.807) is 19.2 Å². The molecule has 21 heavy (non-hydrogen) atoms. The van der Waals surface area contributed by atoms with Crippen molar-refractivity contribution in [1.29, 1.82) is 0 Å². The van der Waals surface area contributed by atoms with Gasteiger partial charge >= 0.3 is 0 Å². The van der Waals surface area contributed by atoms with Gasteiger partial charge in [-0.05, 0) is 19.1 Å². The summed E-state index contributed by atoms with van der Waals surface area (Å²) in [6.45, 7) is 1.94. The second kappa shape index (κ2) is 5.88. The van der Waals surface area contributed by atoms with Crippen LogP contribution in [0.15, 0.2) is 36.5 Å². The molecule has 6 nitrogen and oxygen atoms in total. The third-order valence-corrected chi connectivity index (χ3v) is 3.29. The van der Waals surface area contributed by atoms with Crippen LogP contribution < -0.4 is 4.90 Å². The average molecular weight is 306 g/mol. The van der Waals surface area contributed by atoms with Gasteiger partial charge in [0, 0.05) is 18.8 Å². The van der Waals surface area contributed by atoms with Crippen LogP contribution in [0.3, 0.4) is 0 Å². The first-order chi connectivity index (χ1) is 9.90. The van der Waals surface area contributed by atoms with Gasteiger partial charge in [-0.25, -0.2) is 4.98 Å². The molecule has 108 valence electrons. The molecule has 1 heterocycles. The quantitative estimate of drug-likeness (QED) is 0.495. The minimum Gasteiger partial charge on any atom is -0.311 e. The number of anilines is 1. The molecule has 0 aliphatic carbocycles. The van der Waals surface area contributed by atoms with Crippen molar-refractivity contribution in [3.63, 3.8) is 0 Å². The molecular formula is C14H12ClN3O3. The molecule has 0 saturated heterocycles. The molecule has 0 spiro atoms. The summed E-state index contributed by atoms with van der Waals surface area (Å²) in [7, 11) is 1.57. The van der Waals surface area contributed by atoms with E-state index in [4.69, 9.17) is 11.6 Å². The monoisotopic (exact) mass is 305 g/mol. The van der Waals surface area contributed by atoms with Gasteiger partial charge in [0.1, 0.15) is 11.3 Å². The van der Waals surface area contributed by atoms with Crippen LogP contribution in [0.1, 0.15) is 15.9 Å². The number of amides is 1. The fourth-order valence-corrected chi connectivity index (χ4v) is 1.94. The van der Waals surface area contributed by atoms with E-state index >= 15 is 0 Å². The summed E-state index contributed by atoms with van der Waals surface area (Å²) in [5.41, 5.74) is 1.44. The van der Waals surface area contributed by atoms with Crippen LogP contribution in [0.4, 0.5) is 11.4 Å². The molecule has 0 unspecified atom stereocenters. The lowest BCUT2D eigenvalue weighted by Gasteiger charge is -2.17. The van der Waals surface area contributed by atoms with Crippen LogP contribution >= 0.6 is 11.6 Å². The van der Waals surface area contributed by atoms with Gasteiger partial charge in [-0.2, -0.15) is 0 Å². The Bertz CT molecular complexity index is 701. The highest BCUT2D eigenvalue weighted by Crippen LogP contribution is 2.23. The lowest BCUT2D eigenvalue weighted by Crippen LogP contribution is -2.26. The number of hydrogen-bond donors (Lipinski definition) is 0. The number of rotatable bonds is 3. The highest BCUT2D eigenvalue weighted by atomic mass is 35.5. The van der Waals surface area contributed by atoms with E-state index in [1.807, 2.05) is 19.1 Å². The molecule has 0 saturated carbocycles. The van der Waals surface area contributed by atoms with E-state index in [9.17, 15) is 14.9 Å². The maximum atomic E-state index is 12.4. The number of hydrogen-bond acceptors (Lipinski definition) is 4. The number of pyridine rings is 1. The molecule has 0 atom stereocenters. The minimum absolute atomic E-state index is 0.00561. The van der Waals surface area contributed by atoms with Gasteiger partial charge in [-0.15, -0.1) is 0 Å². The molecule has 7 heteroatoms. The molecule has 0 aliphatic rings. The summed E-state index contributed by atoms with van der Waals surface area (Å²) >= 11 is 5.87. The zero-order valence-electron chi connectivity index (χ0n) is 11.4. The van der Waals surface area contributed by atoms with Crippen LogP contribution in [0.25, 0.3) is 0 Å². The predicted molar refractivity (Wildman–Crippen MR) is 79.8 cm³/mol. The van der Waals surface area contributed by atoms with E-state index in [0.717, 1.165) is 17.8 Å². The molecule has 1 aromatic heterocycles. The van der Waals surface area contributed by atoms with Crippen molar-refractivity contribution in [3.8, 4) is 0 Å². The van der Waals surface area contributed by atoms with Crippen molar-refractivity contribution in [1.82, 2.24) is 4.98 Å². The summed E-state index contributed by atoms with van der Waals surface area (Å²) in [4.78, 5) is 27.6. The largest absolute Gasteiger partial charge is 0.311 e. The molecule has 0 N–H and O–H groups in total. The lowest BCUT2D eigenvalue weighted by atomic mass is 10.2. The number of benzene rings is 1. The first kappa shape index (κ1) is 14.9. The Morgan fingerprint density at radius 1 is 1.33 bits per heavy atom. The molecule has 2 rings (SSSR count). The lowest BCUT2D eigenvalue weighted by molar-refractivity contribution is -0.385. The smallest absolute Gasteiger partial charge is 0.288 e. The van der Waals surface area contributed by atoms with Crippen LogP contribution in [0.2, 0.25) is 5.15 Å². The molecule has 0 radical (unpaired) electrons. The van der Waals surface area contributed by atoms with Crippen LogP contribution in [0.5, 0.6) is 0 Å². The van der Waals surface area contributed by atoms with Gasteiger partial charge in [0.15, 0.2) is 0 Å². The molecule has 1 aromatic carbocycles. The summed E-state index contributed by atoms with van der Waals surface area (Å²) < 4.78 is 0. The molecule has 2 aromatic rings. The second-order valence-corrected chi connectivity index (χ2v) is 4.85. The summed E-state index contributed by atoms with van der Waals surface area (Å²) in [5.74, 6) is -0.458. The average Bonchev–Trinajstić information content (AvgIpc) is 2.47. The van der Waals surface area contributed by atoms with Gasteiger partial charge in [0.2, 0.25) is 0 Å². The fourth-order valence-electron chi connectivity index (χ4n) is 1.75. The minimum atomic E-state index is -0.619. The Morgan fingerprint density at radius 2 is 1.95 bits per heavy atom. The fraction of sp³-hybridized carbons (Fsp3) is 0.143. The molecular weight excluding hydrogens is 294 g/mol. The summed E-state index contributed by atoms with van der Waals surface area (Å²) in [5, 5.41) is 10.7. The van der Waals surface area contributed by atoms with Crippen LogP contribution in [0, 0.1) is 17.0 Å². The van der Waals surface area contributed by atoms with Gasteiger partial charge < -0.3 is 4.90 Å². The van der Waals surface area contributed by atoms with Crippen molar-refractivity contribution in [2.45, 2.75) is 6.92 Å². The first-order valence-corrected chi connectivity index (χ1v) is 6.42. The van der Waals surface area contributed by atoms with E-state index in [-0.39, 0.29) is 16.4 Å². The van der Waals surface area contributed by atoms with Crippen molar-refractivity contribution < 1.29 is 9.72 Å². The second-order valence-electron chi connectivity index (χ2n) is 4.49. The Kier molecular flexibility index (Phi) is 4.18. The Labute approximate surface area is 126 Å². The van der Waals surface area contributed by atoms with Crippen molar-refractivity contribution in [2.75, 3.05) is 11.9 Å². The zero-order chi connectivity index (χ0) is 15.6. The van der Waals surface area contributed by atoms with E-state index in [2.05, 4.69) is 4.98 Å². The van der Waals surface area contributed by atoms with Gasteiger partial charge in [0.25, 0.3) is 11.6 Å². The molecule has 1 amide bonds. The standard InChI is InChI=1S/C14H12ClN3O3/c1-9-3-5-10(6-4-9)17(2)14(19)12-7-11(18(20)21)8-16-13(12)15/h3-8H,1-2H3. The summed E-state index contributed by atoms with van der Waals surface area (Å²) in [6, 6.07) is 8.43. The summed E-state index contributed by atoms with van der Waals surface area (Å²) in [6.07, 6.45) is 1.02. The number of aryl methyl sites for hydroxylation is 1. The Morgan fingerprint density at radius 3 is 2.52 bits per heavy atom. The van der Waals surface area contributed by atoms with Gasteiger partial charge in [-0.3, -0.25) is 14.9 Å². The van der Waals surface area contributed by atoms with Crippen LogP contribution in [-0.4, -0.2) is 22.9 Å². The number of nitrogens with zero attached hydrogens (tertiary/aromatic N) is 3. The van der Waals surface area contributed by atoms with Gasteiger partial charge in [0.05, 0.1) is 10.5 Å². The zero-order valence-corrected chi connectivity index (χ0v) is 12.2. The van der Waals surface area contributed by atoms with E-state index in [0.29, 0.717) is 5.69 Å². The number of nitro groups is 1. The Balaban J connectivity index is 2.37. The number of carbonyl (C=O) groups is 1. The van der Waals surface area contributed by atoms with Crippen molar-refractivity contribution in [3.05, 3.63) is 62.9 Å². The number of aromatic nitrogens is 1. The Hall–Kier alpha value is -2.47. The van der Waals surface area contributed by atoms with E-state index < -0.39 is 10.8 Å². The highest BCUT2D eigenvalue weighted by Gasteiger charge is 2.21. The third kappa shape index (κ3) is 3.17. The van der Waals surface area contributed by atoms with Crippen molar-refractivity contribution >= 4 is 28.9 Å². The maximum absolute atomic E-state index is 12.4. The molecule has 0 bridgehead atoms. The predicted octanol–water partition coefficient (Wildman–Crippen LogP) is 3.23. The SMILES string of the molecule is Cc1ccc(N(C)C(=O)c2cc([N+](=O)[O-])cnc2Cl)cc1.